The van der Waals surface area contributed by atoms with Crippen LogP contribution in [-0.4, -0.2) is 153 Å². The minimum Gasteiger partial charge on any atom is -0.394 e. The van der Waals surface area contributed by atoms with Crippen molar-refractivity contribution < 1.29 is 63.2 Å². The Morgan fingerprint density at radius 2 is 1.29 bits per heavy atom. The highest BCUT2D eigenvalue weighted by atomic mass is 16.5. The number of fused-ring (bicyclic) bond motifs is 6. The van der Waals surface area contributed by atoms with Gasteiger partial charge in [0.05, 0.1) is 19.4 Å². The van der Waals surface area contributed by atoms with Gasteiger partial charge in [0.1, 0.15) is 60.6 Å². The number of nitrogens with one attached hydrogen (secondary N) is 10. The van der Waals surface area contributed by atoms with Crippen LogP contribution >= 0.6 is 0 Å². The van der Waals surface area contributed by atoms with Crippen molar-refractivity contribution in [2.24, 2.45) is 5.92 Å². The Hall–Kier alpha value is -6.95. The molecule has 3 aliphatic rings. The van der Waals surface area contributed by atoms with Crippen molar-refractivity contribution in [1.29, 1.82) is 0 Å². The summed E-state index contributed by atoms with van der Waals surface area (Å²) in [5.41, 5.74) is 1.94. The van der Waals surface area contributed by atoms with E-state index < -0.39 is 146 Å². The molecule has 23 heteroatoms. The van der Waals surface area contributed by atoms with E-state index >= 15 is 0 Å². The summed E-state index contributed by atoms with van der Waals surface area (Å²) >= 11 is 0. The van der Waals surface area contributed by atoms with Crippen LogP contribution in [0.25, 0.3) is 10.9 Å². The zero-order valence-electron chi connectivity index (χ0n) is 37.6. The van der Waals surface area contributed by atoms with Gasteiger partial charge in [-0.3, -0.25) is 43.2 Å². The minimum atomic E-state index is -1.86. The van der Waals surface area contributed by atoms with Gasteiger partial charge in [0.25, 0.3) is 0 Å². The van der Waals surface area contributed by atoms with Crippen LogP contribution in [0.1, 0.15) is 51.2 Å². The van der Waals surface area contributed by atoms with Crippen LogP contribution in [0.15, 0.2) is 60.8 Å². The third-order valence-corrected chi connectivity index (χ3v) is 11.8. The third kappa shape index (κ3) is 12.9. The lowest BCUT2D eigenvalue weighted by atomic mass is 9.95. The summed E-state index contributed by atoms with van der Waals surface area (Å²) < 4.78 is 5.60. The molecule has 13 N–H and O–H groups in total. The molecule has 6 rings (SSSR count). The number of hydrogen-bond donors (Lipinski definition) is 13. The smallest absolute Gasteiger partial charge is 0.245 e. The maximum Gasteiger partial charge on any atom is 0.245 e. The van der Waals surface area contributed by atoms with Crippen molar-refractivity contribution in [3.8, 4) is 0 Å². The van der Waals surface area contributed by atoms with E-state index in [1.807, 2.05) is 0 Å². The normalized spacial score (nSPS) is 28.8. The lowest BCUT2D eigenvalue weighted by Crippen LogP contribution is -2.68. The first kappa shape index (κ1) is 50.5. The summed E-state index contributed by atoms with van der Waals surface area (Å²) in [6, 6.07) is 5.03. The highest BCUT2D eigenvalue weighted by Gasteiger charge is 2.46. The van der Waals surface area contributed by atoms with Gasteiger partial charge in [0, 0.05) is 43.4 Å². The molecular formula is C45H58N10O13. The minimum absolute atomic E-state index is 0.0300. The lowest BCUT2D eigenvalue weighted by Gasteiger charge is -2.42. The first-order chi connectivity index (χ1) is 32.4. The van der Waals surface area contributed by atoms with Crippen molar-refractivity contribution in [3.05, 3.63) is 71.9 Å². The fourth-order valence-corrected chi connectivity index (χ4v) is 8.27. The largest absolute Gasteiger partial charge is 0.394 e. The summed E-state index contributed by atoms with van der Waals surface area (Å²) in [6.45, 7) is 3.24. The Morgan fingerprint density at radius 1 is 0.706 bits per heavy atom. The van der Waals surface area contributed by atoms with Crippen LogP contribution in [0.2, 0.25) is 0 Å². The molecule has 3 aromatic rings. The second kappa shape index (κ2) is 22.7. The molecule has 4 heterocycles. The molecule has 0 spiro atoms. The summed E-state index contributed by atoms with van der Waals surface area (Å²) in [5, 5.41) is 54.6. The Morgan fingerprint density at radius 3 is 2.00 bits per heavy atom. The Bertz CT molecular complexity index is 2360. The number of aliphatic hydroxyl groups is 3. The number of carbonyl (C=O) groups excluding carboxylic acids is 9. The topological polar surface area (TPSA) is 348 Å². The maximum atomic E-state index is 14.5. The molecule has 23 nitrogen and oxygen atoms in total. The lowest BCUT2D eigenvalue weighted by molar-refractivity contribution is -0.203. The second-order valence-electron chi connectivity index (χ2n) is 17.5. The van der Waals surface area contributed by atoms with E-state index in [0.717, 1.165) is 12.4 Å². The molecule has 0 radical (unpaired) electrons. The summed E-state index contributed by atoms with van der Waals surface area (Å²) in [7, 11) is 0. The van der Waals surface area contributed by atoms with Crippen LogP contribution in [0, 0.1) is 5.92 Å². The highest BCUT2D eigenvalue weighted by molar-refractivity contribution is 6.01. The monoisotopic (exact) mass is 946 g/mol. The first-order valence-electron chi connectivity index (χ1n) is 22.3. The van der Waals surface area contributed by atoms with Gasteiger partial charge in [0.15, 0.2) is 6.23 Å². The van der Waals surface area contributed by atoms with E-state index in [2.05, 4.69) is 52.8 Å². The number of aromatic amines is 1. The highest BCUT2D eigenvalue weighted by Crippen LogP contribution is 2.22. The summed E-state index contributed by atoms with van der Waals surface area (Å²) in [4.78, 5) is 129. The van der Waals surface area contributed by atoms with Crippen molar-refractivity contribution >= 4 is 64.1 Å². The number of amides is 9. The van der Waals surface area contributed by atoms with E-state index in [1.165, 1.54) is 0 Å². The average Bonchev–Trinajstić information content (AvgIpc) is 3.70. The quantitative estimate of drug-likeness (QED) is 0.0871. The molecule has 0 aliphatic carbocycles. The van der Waals surface area contributed by atoms with Gasteiger partial charge >= 0.3 is 0 Å². The molecule has 366 valence electrons. The molecule has 11 atom stereocenters. The molecule has 3 aliphatic heterocycles. The number of para-hydroxylation sites is 1. The Kier molecular flexibility index (Phi) is 16.8. The third-order valence-electron chi connectivity index (χ3n) is 11.8. The van der Waals surface area contributed by atoms with E-state index in [4.69, 9.17) is 4.74 Å². The molecule has 0 saturated carbocycles. The average molecular weight is 947 g/mol. The van der Waals surface area contributed by atoms with Crippen LogP contribution in [0.3, 0.4) is 0 Å². The number of carbonyl (C=O) groups is 9. The van der Waals surface area contributed by atoms with Gasteiger partial charge in [-0.25, -0.2) is 0 Å². The molecular weight excluding hydrogens is 889 g/mol. The number of benzene rings is 2. The Balaban J connectivity index is 1.38. The molecule has 2 bridgehead atoms. The van der Waals surface area contributed by atoms with Gasteiger partial charge in [-0.2, -0.15) is 0 Å². The molecule has 9 amide bonds. The first-order valence-corrected chi connectivity index (χ1v) is 22.3. The van der Waals surface area contributed by atoms with Gasteiger partial charge in [-0.1, -0.05) is 62.4 Å². The van der Waals surface area contributed by atoms with Crippen molar-refractivity contribution in [2.45, 2.75) is 120 Å². The van der Waals surface area contributed by atoms with E-state index in [1.54, 1.807) is 74.6 Å². The SMILES string of the molecule is CC(=O)N[C@@H]1[C@@H](O)[C@H](O)[C@@H](CO)O[C@@H]1NC(=O)C[C@@H]1NC(=O)[C@H](CC(C)C)NC(=O)[C@@H]2CNC(=O)C[C@H](NC1=O)C(=O)N[C@@H](Cc1c[nH]c3ccccc13)C(=O)NC(Cc1ccccc1)C(=O)N2. The van der Waals surface area contributed by atoms with E-state index in [-0.39, 0.29) is 25.2 Å². The van der Waals surface area contributed by atoms with Gasteiger partial charge < -0.3 is 72.9 Å². The molecule has 2 aromatic carbocycles. The predicted molar refractivity (Wildman–Crippen MR) is 239 cm³/mol. The van der Waals surface area contributed by atoms with E-state index in [9.17, 15) is 58.5 Å². The van der Waals surface area contributed by atoms with Crippen molar-refractivity contribution in [3.63, 3.8) is 0 Å². The van der Waals surface area contributed by atoms with Crippen molar-refractivity contribution in [2.75, 3.05) is 13.2 Å². The number of H-pyrrole nitrogens is 1. The number of rotatable bonds is 11. The van der Waals surface area contributed by atoms with E-state index in [0.29, 0.717) is 16.5 Å². The zero-order chi connectivity index (χ0) is 49.2. The zero-order valence-corrected chi connectivity index (χ0v) is 37.6. The summed E-state index contributed by atoms with van der Waals surface area (Å²) in [6.07, 6.45) is -6.75. The molecule has 3 saturated heterocycles. The number of aromatic nitrogens is 1. The van der Waals surface area contributed by atoms with Crippen LogP contribution in [0.5, 0.6) is 0 Å². The van der Waals surface area contributed by atoms with Crippen molar-refractivity contribution in [1.82, 2.24) is 52.8 Å². The number of hydrogen-bond acceptors (Lipinski definition) is 13. The molecule has 1 unspecified atom stereocenters. The Labute approximate surface area is 390 Å². The number of ether oxygens (including phenoxy) is 1. The second-order valence-corrected chi connectivity index (χ2v) is 17.5. The van der Waals surface area contributed by atoms with Gasteiger partial charge in [0.2, 0.25) is 53.2 Å². The van der Waals surface area contributed by atoms with Crippen LogP contribution in [-0.2, 0) is 60.7 Å². The van der Waals surface area contributed by atoms with Gasteiger partial charge in [-0.15, -0.1) is 0 Å². The standard InChI is InChI=1S/C45H58N10O13/c1-21(2)13-27-39(62)53-31(17-35(59)55-45-36(48-22(3)57)38(61)37(60)33(20-56)68-45)43(66)52-30-16-34(58)47-19-32(44(67)49-27)54-40(63)28(14-23-9-5-4-6-10-23)50-41(64)29(51-42(30)65)15-24-18-46-26-12-8-7-11-25(24)26/h4-12,18,21,27-33,36-38,45-46,56,60-61H,13-17,19-20H2,1-3H3,(H,47,58)(H,48,57)(H,49,67)(H,50,64)(H,51,65)(H,52,66)(H,53,62)(H,54,63)(H,55,59)/t27-,28?,29-,30-,31-,32-,33+,36+,37+,38+,45-/m0/s1. The fraction of sp³-hybridized carbons (Fsp3) is 0.489. The van der Waals surface area contributed by atoms with Gasteiger partial charge in [-0.05, 0) is 29.5 Å². The molecule has 68 heavy (non-hydrogen) atoms. The van der Waals surface area contributed by atoms with Crippen LogP contribution in [0.4, 0.5) is 0 Å². The number of aliphatic hydroxyl groups excluding tert-OH is 3. The predicted octanol–water partition coefficient (Wildman–Crippen LogP) is -4.11. The molecule has 3 fully saturated rings. The maximum absolute atomic E-state index is 14.5. The fourth-order valence-electron chi connectivity index (χ4n) is 8.27. The summed E-state index contributed by atoms with van der Waals surface area (Å²) in [5.74, 6) is -8.61. The molecule has 1 aromatic heterocycles. The van der Waals surface area contributed by atoms with Crippen LogP contribution < -0.4 is 47.9 Å².